The Morgan fingerprint density at radius 3 is 1.83 bits per heavy atom. The molecule has 4 nitrogen and oxygen atoms in total. The maximum Gasteiger partial charge on any atom is 0.219 e. The molecule has 0 saturated carbocycles. The lowest BCUT2D eigenvalue weighted by atomic mass is 10.1. The minimum Gasteiger partial charge on any atom is -0.633 e. The molecule has 4 heteroatoms. The fourth-order valence-corrected chi connectivity index (χ4v) is 3.64. The van der Waals surface area contributed by atoms with Crippen molar-refractivity contribution in [1.29, 1.82) is 0 Å². The lowest BCUT2D eigenvalue weighted by Crippen LogP contribution is -2.33. The third-order valence-electron chi connectivity index (χ3n) is 5.61. The molecule has 1 N–H and O–H groups in total. The van der Waals surface area contributed by atoms with E-state index in [4.69, 9.17) is 0 Å². The highest BCUT2D eigenvalue weighted by molar-refractivity contribution is 5.75. The van der Waals surface area contributed by atoms with Gasteiger partial charge in [0.15, 0.2) is 0 Å². The van der Waals surface area contributed by atoms with Gasteiger partial charge in [0.2, 0.25) is 5.91 Å². The van der Waals surface area contributed by atoms with Gasteiger partial charge < -0.3 is 15.2 Å². The molecule has 0 aliphatic heterocycles. The number of unbranched alkanes of at least 4 members (excludes halogenated alkanes) is 14. The van der Waals surface area contributed by atoms with Crippen molar-refractivity contribution in [2.45, 2.75) is 122 Å². The number of quaternary nitrogens is 1. The first-order chi connectivity index (χ1) is 14.5. The fourth-order valence-electron chi connectivity index (χ4n) is 3.64. The zero-order chi connectivity index (χ0) is 22.3. The number of hydroxylamine groups is 3. The van der Waals surface area contributed by atoms with E-state index in [9.17, 15) is 10.0 Å². The Morgan fingerprint density at radius 2 is 1.23 bits per heavy atom. The molecule has 0 aliphatic rings. The van der Waals surface area contributed by atoms with Gasteiger partial charge in [0.25, 0.3) is 0 Å². The summed E-state index contributed by atoms with van der Waals surface area (Å²) < 4.78 is -0.202. The molecule has 0 atom stereocenters. The second kappa shape index (κ2) is 21.4. The van der Waals surface area contributed by atoms with Gasteiger partial charge in [-0.3, -0.25) is 4.79 Å². The molecule has 0 heterocycles. The normalized spacial score (nSPS) is 12.0. The molecule has 0 bridgehead atoms. The Morgan fingerprint density at radius 1 is 0.733 bits per heavy atom. The Balaban J connectivity index is 3.25. The smallest absolute Gasteiger partial charge is 0.219 e. The van der Waals surface area contributed by atoms with Gasteiger partial charge in [-0.15, -0.1) is 0 Å². The summed E-state index contributed by atoms with van der Waals surface area (Å²) in [4.78, 5) is 11.8. The van der Waals surface area contributed by atoms with Gasteiger partial charge in [-0.2, -0.15) is 0 Å². The number of amides is 1. The highest BCUT2D eigenvalue weighted by Gasteiger charge is 2.02. The van der Waals surface area contributed by atoms with Crippen molar-refractivity contribution in [2.75, 3.05) is 27.2 Å². The van der Waals surface area contributed by atoms with Crippen LogP contribution in [0.4, 0.5) is 0 Å². The zero-order valence-electron chi connectivity index (χ0n) is 20.6. The van der Waals surface area contributed by atoms with E-state index >= 15 is 0 Å². The van der Waals surface area contributed by atoms with Crippen LogP contribution in [0.2, 0.25) is 0 Å². The number of nitrogens with one attached hydrogen (secondary N) is 1. The van der Waals surface area contributed by atoms with Gasteiger partial charge in [-0.25, -0.2) is 0 Å². The molecule has 30 heavy (non-hydrogen) atoms. The van der Waals surface area contributed by atoms with Crippen molar-refractivity contribution >= 4 is 5.91 Å². The highest BCUT2D eigenvalue weighted by atomic mass is 16.5. The van der Waals surface area contributed by atoms with Crippen LogP contribution in [-0.4, -0.2) is 37.7 Å². The van der Waals surface area contributed by atoms with E-state index in [2.05, 4.69) is 24.4 Å². The van der Waals surface area contributed by atoms with Crippen molar-refractivity contribution in [2.24, 2.45) is 0 Å². The van der Waals surface area contributed by atoms with Crippen molar-refractivity contribution in [3.63, 3.8) is 0 Å². The molecular weight excluding hydrogens is 372 g/mol. The van der Waals surface area contributed by atoms with Crippen LogP contribution >= 0.6 is 0 Å². The molecule has 0 rings (SSSR count). The molecule has 0 radical (unpaired) electrons. The SMILES string of the molecule is CCCCCCCC/C=C\CCCCCCCC(=O)NCCCCCC[N+](C)(C)[O-]. The first kappa shape index (κ1) is 29.1. The Labute approximate surface area is 188 Å². The maximum absolute atomic E-state index is 11.8. The van der Waals surface area contributed by atoms with E-state index in [0.717, 1.165) is 45.1 Å². The summed E-state index contributed by atoms with van der Waals surface area (Å²) in [5, 5.41) is 14.5. The van der Waals surface area contributed by atoms with Crippen LogP contribution in [0.25, 0.3) is 0 Å². The van der Waals surface area contributed by atoms with Crippen LogP contribution in [0.5, 0.6) is 0 Å². The summed E-state index contributed by atoms with van der Waals surface area (Å²) in [6, 6.07) is 0. The summed E-state index contributed by atoms with van der Waals surface area (Å²) in [6.07, 6.45) is 26.3. The second-order valence-electron chi connectivity index (χ2n) is 9.40. The van der Waals surface area contributed by atoms with Gasteiger partial charge in [0, 0.05) is 13.0 Å². The van der Waals surface area contributed by atoms with Gasteiger partial charge in [0.05, 0.1) is 20.6 Å². The second-order valence-corrected chi connectivity index (χ2v) is 9.40. The highest BCUT2D eigenvalue weighted by Crippen LogP contribution is 2.10. The van der Waals surface area contributed by atoms with Crippen LogP contribution in [0.15, 0.2) is 12.2 Å². The number of carbonyl (C=O) groups is 1. The van der Waals surface area contributed by atoms with Gasteiger partial charge in [0.1, 0.15) is 0 Å². The maximum atomic E-state index is 11.8. The predicted octanol–water partition coefficient (Wildman–Crippen LogP) is 7.27. The van der Waals surface area contributed by atoms with Crippen LogP contribution in [0.1, 0.15) is 122 Å². The summed E-state index contributed by atoms with van der Waals surface area (Å²) in [5.41, 5.74) is 0. The van der Waals surface area contributed by atoms with E-state index in [1.165, 1.54) is 70.6 Å². The van der Waals surface area contributed by atoms with Crippen LogP contribution in [0, 0.1) is 5.21 Å². The monoisotopic (exact) mass is 424 g/mol. The van der Waals surface area contributed by atoms with Crippen molar-refractivity contribution in [3.05, 3.63) is 17.4 Å². The first-order valence-electron chi connectivity index (χ1n) is 12.9. The van der Waals surface area contributed by atoms with Crippen LogP contribution < -0.4 is 5.32 Å². The number of nitrogens with zero attached hydrogens (tertiary/aromatic N) is 1. The molecule has 0 saturated heterocycles. The lowest BCUT2D eigenvalue weighted by Gasteiger charge is -2.33. The Hall–Kier alpha value is -0.870. The van der Waals surface area contributed by atoms with Gasteiger partial charge in [-0.05, 0) is 51.4 Å². The van der Waals surface area contributed by atoms with Crippen LogP contribution in [-0.2, 0) is 4.79 Å². The predicted molar refractivity (Wildman–Crippen MR) is 131 cm³/mol. The molecular formula is C26H52N2O2. The summed E-state index contributed by atoms with van der Waals surface area (Å²) in [5.74, 6) is 0.199. The average Bonchev–Trinajstić information content (AvgIpc) is 2.69. The largest absolute Gasteiger partial charge is 0.633 e. The number of rotatable bonds is 22. The molecule has 0 aromatic rings. The van der Waals surface area contributed by atoms with Crippen molar-refractivity contribution in [1.82, 2.24) is 5.32 Å². The zero-order valence-corrected chi connectivity index (χ0v) is 20.6. The quantitative estimate of drug-likeness (QED) is 0.0859. The number of allylic oxidation sites excluding steroid dienone is 2. The van der Waals surface area contributed by atoms with E-state index < -0.39 is 0 Å². The number of hydrogen-bond donors (Lipinski definition) is 1. The van der Waals surface area contributed by atoms with E-state index in [1.54, 1.807) is 14.1 Å². The van der Waals surface area contributed by atoms with E-state index in [1.807, 2.05) is 0 Å². The third kappa shape index (κ3) is 25.2. The molecule has 0 aliphatic carbocycles. The third-order valence-corrected chi connectivity index (χ3v) is 5.61. The minimum atomic E-state index is -0.202. The fraction of sp³-hybridized carbons (Fsp3) is 0.885. The lowest BCUT2D eigenvalue weighted by molar-refractivity contribution is -0.840. The minimum absolute atomic E-state index is 0.199. The van der Waals surface area contributed by atoms with Gasteiger partial charge in [-0.1, -0.05) is 76.9 Å². The molecule has 0 spiro atoms. The number of carbonyl (C=O) groups excluding carboxylic acids is 1. The van der Waals surface area contributed by atoms with E-state index in [0.29, 0.717) is 13.0 Å². The first-order valence-corrected chi connectivity index (χ1v) is 12.9. The molecule has 1 amide bonds. The molecule has 0 aromatic heterocycles. The molecule has 0 fully saturated rings. The topological polar surface area (TPSA) is 52.2 Å². The molecule has 0 unspecified atom stereocenters. The Kier molecular flexibility index (Phi) is 20.7. The van der Waals surface area contributed by atoms with Crippen LogP contribution in [0.3, 0.4) is 0 Å². The molecule has 0 aromatic carbocycles. The number of hydrogen-bond acceptors (Lipinski definition) is 2. The molecule has 178 valence electrons. The van der Waals surface area contributed by atoms with Crippen molar-refractivity contribution < 1.29 is 9.44 Å². The summed E-state index contributed by atoms with van der Waals surface area (Å²) >= 11 is 0. The van der Waals surface area contributed by atoms with E-state index in [-0.39, 0.29) is 10.6 Å². The standard InChI is InChI=1S/C26H52N2O2/c1-4-5-6-7-8-9-10-11-12-13-14-15-16-17-20-23-26(29)27-24-21-18-19-22-25-28(2,3)30/h11-12H,4-10,13-25H2,1-3H3,(H,27,29)/b12-11-. The average molecular weight is 425 g/mol. The summed E-state index contributed by atoms with van der Waals surface area (Å²) in [6.45, 7) is 3.73. The summed E-state index contributed by atoms with van der Waals surface area (Å²) in [7, 11) is 3.38. The van der Waals surface area contributed by atoms with Gasteiger partial charge >= 0.3 is 0 Å². The Bertz CT molecular complexity index is 402. The van der Waals surface area contributed by atoms with Crippen molar-refractivity contribution in [3.8, 4) is 0 Å².